The molecule has 0 bridgehead atoms. The number of carboxylic acid groups (broad SMARTS) is 1. The summed E-state index contributed by atoms with van der Waals surface area (Å²) < 4.78 is 28.9. The van der Waals surface area contributed by atoms with Gasteiger partial charge in [-0.05, 0) is 28.8 Å². The van der Waals surface area contributed by atoms with Crippen LogP contribution < -0.4 is 10.9 Å². The van der Waals surface area contributed by atoms with Crippen molar-refractivity contribution in [1.82, 2.24) is 4.68 Å². The lowest BCUT2D eigenvalue weighted by Gasteiger charge is -2.25. The summed E-state index contributed by atoms with van der Waals surface area (Å²) in [6, 6.07) is 9.72. The predicted molar refractivity (Wildman–Crippen MR) is 103 cm³/mol. The second kappa shape index (κ2) is 7.25. The summed E-state index contributed by atoms with van der Waals surface area (Å²) in [4.78, 5) is 23.8. The van der Waals surface area contributed by atoms with Crippen LogP contribution in [0.1, 0.15) is 33.2 Å². The van der Waals surface area contributed by atoms with Crippen LogP contribution in [0.3, 0.4) is 0 Å². The van der Waals surface area contributed by atoms with Gasteiger partial charge in [0.1, 0.15) is 0 Å². The molecule has 148 valence electrons. The van der Waals surface area contributed by atoms with Gasteiger partial charge in [0.05, 0.1) is 6.04 Å². The first kappa shape index (κ1) is 19.0. The highest BCUT2D eigenvalue weighted by Crippen LogP contribution is 2.40. The summed E-state index contributed by atoms with van der Waals surface area (Å²) in [5, 5.41) is 19.4. The first-order valence-electron chi connectivity index (χ1n) is 8.51. The molecule has 2 aromatic carbocycles. The van der Waals surface area contributed by atoms with Crippen LogP contribution >= 0.6 is 11.8 Å². The normalized spacial score (nSPS) is 15.2. The van der Waals surface area contributed by atoms with Gasteiger partial charge >= 0.3 is 5.97 Å². The quantitative estimate of drug-likeness (QED) is 0.606. The number of hydrogen-bond acceptors (Lipinski definition) is 5. The molecular formula is C20H14F2N2O4S. The number of hydrogen-bond donors (Lipinski definition) is 3. The molecule has 0 saturated heterocycles. The van der Waals surface area contributed by atoms with Gasteiger partial charge in [0, 0.05) is 22.9 Å². The van der Waals surface area contributed by atoms with Gasteiger partial charge in [-0.1, -0.05) is 24.3 Å². The fraction of sp³-hybridized carbons (Fsp3) is 0.100. The molecule has 1 aromatic heterocycles. The summed E-state index contributed by atoms with van der Waals surface area (Å²) in [7, 11) is 0. The highest BCUT2D eigenvalue weighted by molar-refractivity contribution is 7.98. The molecule has 1 aliphatic rings. The molecule has 3 aromatic rings. The number of thioether (sulfide) groups is 1. The molecular weight excluding hydrogens is 402 g/mol. The fourth-order valence-corrected chi connectivity index (χ4v) is 4.39. The van der Waals surface area contributed by atoms with Gasteiger partial charge in [-0.15, -0.1) is 11.8 Å². The largest absolute Gasteiger partial charge is 0.502 e. The average Bonchev–Trinajstić information content (AvgIpc) is 2.83. The zero-order valence-electron chi connectivity index (χ0n) is 14.7. The Hall–Kier alpha value is -3.33. The van der Waals surface area contributed by atoms with Gasteiger partial charge in [-0.2, -0.15) is 0 Å². The molecule has 3 N–H and O–H groups in total. The molecule has 1 aliphatic heterocycles. The maximum atomic E-state index is 14.1. The summed E-state index contributed by atoms with van der Waals surface area (Å²) in [6.45, 7) is 0. The second-order valence-electron chi connectivity index (χ2n) is 6.41. The van der Waals surface area contributed by atoms with E-state index in [1.165, 1.54) is 18.0 Å². The number of aromatic hydroxyl groups is 1. The minimum Gasteiger partial charge on any atom is -0.502 e. The van der Waals surface area contributed by atoms with Gasteiger partial charge in [0.15, 0.2) is 23.1 Å². The van der Waals surface area contributed by atoms with Crippen molar-refractivity contribution in [3.05, 3.63) is 92.9 Å². The van der Waals surface area contributed by atoms with E-state index in [9.17, 15) is 28.6 Å². The SMILES string of the molecule is O=C(O)c1c(O)c(=O)ccn1NC1c2ccccc2CSc2cc(F)c(F)cc21. The maximum Gasteiger partial charge on any atom is 0.358 e. The molecule has 4 rings (SSSR count). The van der Waals surface area contributed by atoms with Gasteiger partial charge < -0.3 is 15.6 Å². The number of aromatic nitrogens is 1. The lowest BCUT2D eigenvalue weighted by atomic mass is 9.95. The van der Waals surface area contributed by atoms with Crippen molar-refractivity contribution in [3.63, 3.8) is 0 Å². The predicted octanol–water partition coefficient (Wildman–Crippen LogP) is 3.47. The van der Waals surface area contributed by atoms with Crippen molar-refractivity contribution in [2.45, 2.75) is 16.7 Å². The van der Waals surface area contributed by atoms with E-state index >= 15 is 0 Å². The number of aromatic carboxylic acids is 1. The van der Waals surface area contributed by atoms with Crippen molar-refractivity contribution in [3.8, 4) is 5.75 Å². The number of pyridine rings is 1. The van der Waals surface area contributed by atoms with Crippen LogP contribution in [-0.2, 0) is 5.75 Å². The third-order valence-corrected chi connectivity index (χ3v) is 5.78. The molecule has 9 heteroatoms. The summed E-state index contributed by atoms with van der Waals surface area (Å²) in [5.74, 6) is -3.94. The van der Waals surface area contributed by atoms with E-state index in [0.29, 0.717) is 16.2 Å². The number of carbonyl (C=O) groups is 1. The number of halogens is 2. The molecule has 1 unspecified atom stereocenters. The highest BCUT2D eigenvalue weighted by atomic mass is 32.2. The van der Waals surface area contributed by atoms with Crippen molar-refractivity contribution < 1.29 is 23.8 Å². The smallest absolute Gasteiger partial charge is 0.358 e. The molecule has 6 nitrogen and oxygen atoms in total. The van der Waals surface area contributed by atoms with Crippen LogP contribution in [0.25, 0.3) is 0 Å². The van der Waals surface area contributed by atoms with Crippen molar-refractivity contribution >= 4 is 17.7 Å². The van der Waals surface area contributed by atoms with E-state index in [-0.39, 0.29) is 0 Å². The average molecular weight is 416 g/mol. The topological polar surface area (TPSA) is 91.6 Å². The monoisotopic (exact) mass is 416 g/mol. The molecule has 0 saturated carbocycles. The Kier molecular flexibility index (Phi) is 4.75. The zero-order valence-corrected chi connectivity index (χ0v) is 15.5. The Morgan fingerprint density at radius 2 is 1.86 bits per heavy atom. The Morgan fingerprint density at radius 1 is 1.14 bits per heavy atom. The molecule has 29 heavy (non-hydrogen) atoms. The third kappa shape index (κ3) is 3.33. The van der Waals surface area contributed by atoms with Gasteiger partial charge in [-0.3, -0.25) is 9.47 Å². The standard InChI is InChI=1S/C20H14F2N2O4S/c21-13-7-12-16(8-14(13)22)29-9-10-3-1-2-4-11(10)17(12)23-24-6-5-15(25)19(26)18(24)20(27)28/h1-8,17,23,26H,9H2,(H,27,28). The first-order chi connectivity index (χ1) is 13.9. The van der Waals surface area contributed by atoms with E-state index in [0.717, 1.165) is 34.0 Å². The third-order valence-electron chi connectivity index (χ3n) is 4.66. The molecule has 0 spiro atoms. The van der Waals surface area contributed by atoms with Crippen molar-refractivity contribution in [2.24, 2.45) is 0 Å². The fourth-order valence-electron chi connectivity index (χ4n) is 3.28. The lowest BCUT2D eigenvalue weighted by Crippen LogP contribution is -2.28. The molecule has 1 atom stereocenters. The van der Waals surface area contributed by atoms with E-state index in [1.54, 1.807) is 12.1 Å². The number of fused-ring (bicyclic) bond motifs is 2. The molecule has 0 radical (unpaired) electrons. The molecule has 0 fully saturated rings. The number of nitrogens with one attached hydrogen (secondary N) is 1. The van der Waals surface area contributed by atoms with Crippen LogP contribution in [0.15, 0.2) is 58.4 Å². The molecule has 0 amide bonds. The Bertz CT molecular complexity index is 1200. The number of nitrogens with zero attached hydrogens (tertiary/aromatic N) is 1. The summed E-state index contributed by atoms with van der Waals surface area (Å²) in [5.41, 5.74) is 3.48. The number of rotatable bonds is 3. The maximum absolute atomic E-state index is 14.1. The lowest BCUT2D eigenvalue weighted by molar-refractivity contribution is 0.0681. The Labute approximate surface area is 167 Å². The Morgan fingerprint density at radius 3 is 2.62 bits per heavy atom. The zero-order chi connectivity index (χ0) is 20.7. The highest BCUT2D eigenvalue weighted by Gasteiger charge is 2.28. The van der Waals surface area contributed by atoms with Crippen LogP contribution in [0.4, 0.5) is 8.78 Å². The minimum atomic E-state index is -1.52. The van der Waals surface area contributed by atoms with E-state index in [2.05, 4.69) is 5.43 Å². The van der Waals surface area contributed by atoms with Crippen LogP contribution in [0.2, 0.25) is 0 Å². The van der Waals surface area contributed by atoms with Crippen LogP contribution in [0, 0.1) is 11.6 Å². The molecule has 0 aliphatic carbocycles. The van der Waals surface area contributed by atoms with Crippen LogP contribution in [0.5, 0.6) is 5.75 Å². The van der Waals surface area contributed by atoms with Gasteiger partial charge in [0.2, 0.25) is 5.43 Å². The van der Waals surface area contributed by atoms with E-state index in [4.69, 9.17) is 0 Å². The summed E-state index contributed by atoms with van der Waals surface area (Å²) in [6.07, 6.45) is 1.17. The first-order valence-corrected chi connectivity index (χ1v) is 9.49. The van der Waals surface area contributed by atoms with E-state index in [1.807, 2.05) is 12.1 Å². The second-order valence-corrected chi connectivity index (χ2v) is 7.42. The summed E-state index contributed by atoms with van der Waals surface area (Å²) >= 11 is 1.33. The number of carboxylic acids is 1. The van der Waals surface area contributed by atoms with Crippen molar-refractivity contribution in [2.75, 3.05) is 5.43 Å². The number of benzene rings is 2. The van der Waals surface area contributed by atoms with E-state index < -0.39 is 40.5 Å². The minimum absolute atomic E-state index is 0.411. The van der Waals surface area contributed by atoms with Crippen molar-refractivity contribution in [1.29, 1.82) is 0 Å². The van der Waals surface area contributed by atoms with Gasteiger partial charge in [-0.25, -0.2) is 13.6 Å². The van der Waals surface area contributed by atoms with Crippen LogP contribution in [-0.4, -0.2) is 20.9 Å². The van der Waals surface area contributed by atoms with Gasteiger partial charge in [0.25, 0.3) is 0 Å². The molecule has 2 heterocycles. The Balaban J connectivity index is 1.92.